The maximum absolute atomic E-state index is 12.6. The average molecular weight is 305 g/mol. The first-order chi connectivity index (χ1) is 11.1. The number of nitrogens with zero attached hydrogens (tertiary/aromatic N) is 1. The van der Waals surface area contributed by atoms with Crippen molar-refractivity contribution in [2.24, 2.45) is 0 Å². The zero-order valence-electron chi connectivity index (χ0n) is 13.9. The standard InChI is InChI=1S/C21H23NO/c1-15-7-6-10-20(22-15)21(23)16(2)17-11-13-19(14-12-17)18-8-4-3-5-9-18/h6-8,10-14,16H,3-5,9H2,1-2H3. The van der Waals surface area contributed by atoms with Crippen LogP contribution in [-0.2, 0) is 0 Å². The van der Waals surface area contributed by atoms with E-state index in [4.69, 9.17) is 0 Å². The fourth-order valence-electron chi connectivity index (χ4n) is 3.14. The van der Waals surface area contributed by atoms with E-state index in [2.05, 4.69) is 35.3 Å². The lowest BCUT2D eigenvalue weighted by Crippen LogP contribution is -2.11. The molecule has 1 unspecified atom stereocenters. The second-order valence-corrected chi connectivity index (χ2v) is 6.35. The molecule has 1 atom stereocenters. The molecule has 0 aliphatic heterocycles. The summed E-state index contributed by atoms with van der Waals surface area (Å²) in [6.07, 6.45) is 7.29. The van der Waals surface area contributed by atoms with E-state index < -0.39 is 0 Å². The lowest BCUT2D eigenvalue weighted by Gasteiger charge is -2.15. The largest absolute Gasteiger partial charge is 0.292 e. The number of benzene rings is 1. The smallest absolute Gasteiger partial charge is 0.188 e. The minimum absolute atomic E-state index is 0.0818. The van der Waals surface area contributed by atoms with Crippen LogP contribution in [-0.4, -0.2) is 10.8 Å². The van der Waals surface area contributed by atoms with Crippen LogP contribution >= 0.6 is 0 Å². The fourth-order valence-corrected chi connectivity index (χ4v) is 3.14. The summed E-state index contributed by atoms with van der Waals surface area (Å²) in [5.41, 5.74) is 5.22. The van der Waals surface area contributed by atoms with Crippen molar-refractivity contribution in [1.82, 2.24) is 4.98 Å². The molecule has 2 aromatic rings. The number of carbonyl (C=O) groups excluding carboxylic acids is 1. The molecule has 2 heteroatoms. The summed E-state index contributed by atoms with van der Waals surface area (Å²) in [5, 5.41) is 0. The fraction of sp³-hybridized carbons (Fsp3) is 0.333. The van der Waals surface area contributed by atoms with Crippen molar-refractivity contribution < 1.29 is 4.79 Å². The number of allylic oxidation sites excluding steroid dienone is 2. The summed E-state index contributed by atoms with van der Waals surface area (Å²) in [6.45, 7) is 3.87. The van der Waals surface area contributed by atoms with Crippen LogP contribution < -0.4 is 0 Å². The van der Waals surface area contributed by atoms with Gasteiger partial charge in [-0.15, -0.1) is 0 Å². The number of rotatable bonds is 4. The van der Waals surface area contributed by atoms with E-state index in [9.17, 15) is 4.79 Å². The van der Waals surface area contributed by atoms with Crippen molar-refractivity contribution in [3.05, 3.63) is 71.1 Å². The molecule has 0 saturated heterocycles. The molecule has 0 spiro atoms. The van der Waals surface area contributed by atoms with E-state index >= 15 is 0 Å². The van der Waals surface area contributed by atoms with E-state index in [1.165, 1.54) is 36.8 Å². The predicted octanol–water partition coefficient (Wildman–Crippen LogP) is 5.33. The summed E-state index contributed by atoms with van der Waals surface area (Å²) in [4.78, 5) is 17.0. The van der Waals surface area contributed by atoms with Gasteiger partial charge in [-0.25, -0.2) is 0 Å². The van der Waals surface area contributed by atoms with Crippen molar-refractivity contribution in [2.75, 3.05) is 0 Å². The molecule has 0 N–H and O–H groups in total. The summed E-state index contributed by atoms with van der Waals surface area (Å²) >= 11 is 0. The highest BCUT2D eigenvalue weighted by molar-refractivity contribution is 5.99. The van der Waals surface area contributed by atoms with Gasteiger partial charge >= 0.3 is 0 Å². The quantitative estimate of drug-likeness (QED) is 0.714. The Hall–Kier alpha value is -2.22. The van der Waals surface area contributed by atoms with Gasteiger partial charge in [0.1, 0.15) is 5.69 Å². The Bertz CT molecular complexity index is 728. The number of hydrogen-bond acceptors (Lipinski definition) is 2. The van der Waals surface area contributed by atoms with E-state index in [1.807, 2.05) is 26.0 Å². The molecule has 2 nitrogen and oxygen atoms in total. The maximum atomic E-state index is 12.6. The van der Waals surface area contributed by atoms with Crippen LogP contribution in [0.3, 0.4) is 0 Å². The van der Waals surface area contributed by atoms with Gasteiger partial charge in [0.2, 0.25) is 0 Å². The second kappa shape index (κ2) is 6.91. The molecule has 118 valence electrons. The Morgan fingerprint density at radius 1 is 1.09 bits per heavy atom. The van der Waals surface area contributed by atoms with Crippen LogP contribution in [0.2, 0.25) is 0 Å². The topological polar surface area (TPSA) is 30.0 Å². The normalized spacial score (nSPS) is 15.8. The van der Waals surface area contributed by atoms with Gasteiger partial charge in [-0.3, -0.25) is 9.78 Å². The van der Waals surface area contributed by atoms with Gasteiger partial charge in [0.25, 0.3) is 0 Å². The third-order valence-electron chi connectivity index (χ3n) is 4.61. The Morgan fingerprint density at radius 2 is 1.87 bits per heavy atom. The monoisotopic (exact) mass is 305 g/mol. The minimum atomic E-state index is -0.168. The first kappa shape index (κ1) is 15.7. The zero-order chi connectivity index (χ0) is 16.2. The van der Waals surface area contributed by atoms with Gasteiger partial charge < -0.3 is 0 Å². The number of aromatic nitrogens is 1. The third kappa shape index (κ3) is 3.58. The molecular formula is C21H23NO. The molecular weight excluding hydrogens is 282 g/mol. The van der Waals surface area contributed by atoms with Crippen molar-refractivity contribution in [3.8, 4) is 0 Å². The third-order valence-corrected chi connectivity index (χ3v) is 4.61. The molecule has 23 heavy (non-hydrogen) atoms. The summed E-state index contributed by atoms with van der Waals surface area (Å²) < 4.78 is 0. The number of carbonyl (C=O) groups is 1. The first-order valence-electron chi connectivity index (χ1n) is 8.42. The summed E-state index contributed by atoms with van der Waals surface area (Å²) in [6, 6.07) is 14.1. The van der Waals surface area contributed by atoms with Gasteiger partial charge in [-0.05, 0) is 61.4 Å². The molecule has 0 amide bonds. The number of ketones is 1. The molecule has 1 aromatic heterocycles. The molecule has 0 fully saturated rings. The highest BCUT2D eigenvalue weighted by atomic mass is 16.1. The van der Waals surface area contributed by atoms with Crippen LogP contribution in [0.5, 0.6) is 0 Å². The van der Waals surface area contributed by atoms with Crippen LogP contribution in [0.25, 0.3) is 5.57 Å². The Labute approximate surface area is 138 Å². The first-order valence-corrected chi connectivity index (χ1v) is 8.42. The number of aryl methyl sites for hydroxylation is 1. The number of pyridine rings is 1. The predicted molar refractivity (Wildman–Crippen MR) is 94.6 cm³/mol. The summed E-state index contributed by atoms with van der Waals surface area (Å²) in [5.74, 6) is -0.0861. The lowest BCUT2D eigenvalue weighted by atomic mass is 9.90. The molecule has 1 aromatic carbocycles. The minimum Gasteiger partial charge on any atom is -0.292 e. The molecule has 0 bridgehead atoms. The van der Waals surface area contributed by atoms with Gasteiger partial charge in [0.15, 0.2) is 5.78 Å². The highest BCUT2D eigenvalue weighted by Crippen LogP contribution is 2.28. The van der Waals surface area contributed by atoms with Crippen LogP contribution in [0.1, 0.15) is 65.8 Å². The van der Waals surface area contributed by atoms with Gasteiger partial charge in [0.05, 0.1) is 0 Å². The van der Waals surface area contributed by atoms with Crippen molar-refractivity contribution in [3.63, 3.8) is 0 Å². The molecule has 1 aliphatic rings. The van der Waals surface area contributed by atoms with Crippen LogP contribution in [0.15, 0.2) is 48.5 Å². The summed E-state index contributed by atoms with van der Waals surface area (Å²) in [7, 11) is 0. The molecule has 3 rings (SSSR count). The van der Waals surface area contributed by atoms with E-state index in [0.29, 0.717) is 5.69 Å². The highest BCUT2D eigenvalue weighted by Gasteiger charge is 2.18. The molecule has 1 aliphatic carbocycles. The Morgan fingerprint density at radius 3 is 2.52 bits per heavy atom. The zero-order valence-corrected chi connectivity index (χ0v) is 13.9. The van der Waals surface area contributed by atoms with Gasteiger partial charge in [-0.2, -0.15) is 0 Å². The van der Waals surface area contributed by atoms with Gasteiger partial charge in [-0.1, -0.05) is 43.3 Å². The van der Waals surface area contributed by atoms with Crippen molar-refractivity contribution in [2.45, 2.75) is 45.4 Å². The van der Waals surface area contributed by atoms with E-state index in [0.717, 1.165) is 11.3 Å². The van der Waals surface area contributed by atoms with E-state index in [-0.39, 0.29) is 11.7 Å². The van der Waals surface area contributed by atoms with Crippen LogP contribution in [0.4, 0.5) is 0 Å². The van der Waals surface area contributed by atoms with E-state index in [1.54, 1.807) is 6.07 Å². The number of hydrogen-bond donors (Lipinski definition) is 0. The Balaban J connectivity index is 1.78. The molecule has 0 radical (unpaired) electrons. The number of Topliss-reactive ketones (excluding diaryl/α,β-unsaturated/α-hetero) is 1. The second-order valence-electron chi connectivity index (χ2n) is 6.35. The van der Waals surface area contributed by atoms with Gasteiger partial charge in [0, 0.05) is 11.6 Å². The SMILES string of the molecule is Cc1cccc(C(=O)C(C)c2ccc(C3=CCCCC3)cc2)n1. The van der Waals surface area contributed by atoms with Crippen molar-refractivity contribution >= 4 is 11.4 Å². The molecule has 0 saturated carbocycles. The lowest BCUT2D eigenvalue weighted by molar-refractivity contribution is 0.0961. The van der Waals surface area contributed by atoms with Crippen molar-refractivity contribution in [1.29, 1.82) is 0 Å². The Kier molecular flexibility index (Phi) is 4.71. The molecule has 1 heterocycles. The average Bonchev–Trinajstić information content (AvgIpc) is 2.61. The maximum Gasteiger partial charge on any atom is 0.188 e. The van der Waals surface area contributed by atoms with Crippen LogP contribution in [0, 0.1) is 6.92 Å².